The average molecular weight is 422 g/mol. The molecule has 0 N–H and O–H groups in total. The minimum absolute atomic E-state index is 0.0321. The predicted octanol–water partition coefficient (Wildman–Crippen LogP) is 3.65. The molecule has 0 saturated carbocycles. The Balaban J connectivity index is 1.75. The topological polar surface area (TPSA) is 72.9 Å². The van der Waals surface area contributed by atoms with E-state index in [9.17, 15) is 18.8 Å². The van der Waals surface area contributed by atoms with Gasteiger partial charge in [0.1, 0.15) is 0 Å². The first-order valence-corrected chi connectivity index (χ1v) is 9.18. The number of carbonyl (C=O) groups is 3. The number of esters is 1. The lowest BCUT2D eigenvalue weighted by Gasteiger charge is -2.17. The van der Waals surface area contributed by atoms with Crippen molar-refractivity contribution in [1.82, 2.24) is 4.90 Å². The SMILES string of the molecule is COc1ccc(CN(C)C(=O)COC(=O)CCC(=O)c2ccc(Cl)cc2)cc1F. The monoisotopic (exact) mass is 421 g/mol. The van der Waals surface area contributed by atoms with E-state index in [4.69, 9.17) is 21.1 Å². The van der Waals surface area contributed by atoms with Crippen molar-refractivity contribution in [3.05, 3.63) is 64.4 Å². The molecule has 0 atom stereocenters. The fourth-order valence-corrected chi connectivity index (χ4v) is 2.62. The molecule has 0 aromatic heterocycles. The number of hydrogen-bond donors (Lipinski definition) is 0. The van der Waals surface area contributed by atoms with Crippen LogP contribution in [0.5, 0.6) is 5.75 Å². The van der Waals surface area contributed by atoms with Crippen LogP contribution in [0, 0.1) is 5.82 Å². The fraction of sp³-hybridized carbons (Fsp3) is 0.286. The third-order valence-corrected chi connectivity index (χ3v) is 4.39. The lowest BCUT2D eigenvalue weighted by atomic mass is 10.1. The van der Waals surface area contributed by atoms with Crippen molar-refractivity contribution in [3.8, 4) is 5.75 Å². The van der Waals surface area contributed by atoms with Gasteiger partial charge in [-0.25, -0.2) is 4.39 Å². The number of likely N-dealkylation sites (N-methyl/N-ethyl adjacent to an activating group) is 1. The van der Waals surface area contributed by atoms with Crippen molar-refractivity contribution < 1.29 is 28.2 Å². The van der Waals surface area contributed by atoms with E-state index >= 15 is 0 Å². The molecule has 6 nitrogen and oxygen atoms in total. The van der Waals surface area contributed by atoms with Crippen LogP contribution in [0.1, 0.15) is 28.8 Å². The maximum absolute atomic E-state index is 13.7. The Morgan fingerprint density at radius 1 is 1.07 bits per heavy atom. The van der Waals surface area contributed by atoms with E-state index in [-0.39, 0.29) is 30.9 Å². The van der Waals surface area contributed by atoms with Gasteiger partial charge in [0.2, 0.25) is 0 Å². The molecule has 0 unspecified atom stereocenters. The molecular weight excluding hydrogens is 401 g/mol. The standard InChI is InChI=1S/C21H21ClFNO5/c1-24(12-14-3-9-19(28-2)17(23)11-14)20(26)13-29-21(27)10-8-18(25)15-4-6-16(22)7-5-15/h3-7,9,11H,8,10,12-13H2,1-2H3. The highest BCUT2D eigenvalue weighted by Crippen LogP contribution is 2.18. The molecule has 29 heavy (non-hydrogen) atoms. The van der Waals surface area contributed by atoms with Crippen LogP contribution in [0.25, 0.3) is 0 Å². The summed E-state index contributed by atoms with van der Waals surface area (Å²) < 4.78 is 23.5. The number of ether oxygens (including phenoxy) is 2. The summed E-state index contributed by atoms with van der Waals surface area (Å²) in [5, 5.41) is 0.515. The van der Waals surface area contributed by atoms with Crippen LogP contribution >= 0.6 is 11.6 Å². The van der Waals surface area contributed by atoms with Crippen LogP contribution in [-0.4, -0.2) is 43.3 Å². The molecule has 2 aromatic carbocycles. The number of methoxy groups -OCH3 is 1. The van der Waals surface area contributed by atoms with Gasteiger partial charge in [-0.1, -0.05) is 17.7 Å². The molecule has 0 bridgehead atoms. The number of Topliss-reactive ketones (excluding diaryl/α,β-unsaturated/α-hetero) is 1. The van der Waals surface area contributed by atoms with Crippen LogP contribution in [0.4, 0.5) is 4.39 Å². The highest BCUT2D eigenvalue weighted by Gasteiger charge is 2.15. The summed E-state index contributed by atoms with van der Waals surface area (Å²) in [6.07, 6.45) is -0.169. The third kappa shape index (κ3) is 6.87. The molecule has 154 valence electrons. The number of amides is 1. The van der Waals surface area contributed by atoms with Crippen LogP contribution in [-0.2, 0) is 20.9 Å². The lowest BCUT2D eigenvalue weighted by molar-refractivity contribution is -0.151. The Hall–Kier alpha value is -2.93. The molecule has 0 aliphatic heterocycles. The normalized spacial score (nSPS) is 10.3. The highest BCUT2D eigenvalue weighted by molar-refractivity contribution is 6.30. The summed E-state index contributed by atoms with van der Waals surface area (Å²) in [7, 11) is 2.88. The average Bonchev–Trinajstić information content (AvgIpc) is 2.70. The summed E-state index contributed by atoms with van der Waals surface area (Å²) in [6.45, 7) is -0.310. The molecule has 0 aliphatic carbocycles. The number of benzene rings is 2. The highest BCUT2D eigenvalue weighted by atomic mass is 35.5. The molecule has 0 radical (unpaired) electrons. The van der Waals surface area contributed by atoms with Gasteiger partial charge in [-0.05, 0) is 42.0 Å². The van der Waals surface area contributed by atoms with Crippen LogP contribution < -0.4 is 4.74 Å². The predicted molar refractivity (Wildman–Crippen MR) is 105 cm³/mol. The minimum Gasteiger partial charge on any atom is -0.494 e. The molecule has 8 heteroatoms. The lowest BCUT2D eigenvalue weighted by Crippen LogP contribution is -2.30. The zero-order valence-electron chi connectivity index (χ0n) is 16.1. The van der Waals surface area contributed by atoms with Gasteiger partial charge in [0, 0.05) is 30.6 Å². The molecule has 0 heterocycles. The van der Waals surface area contributed by atoms with E-state index in [2.05, 4.69) is 0 Å². The Labute approximate surface area is 173 Å². The van der Waals surface area contributed by atoms with Gasteiger partial charge < -0.3 is 14.4 Å². The van der Waals surface area contributed by atoms with E-state index in [0.717, 1.165) is 0 Å². The summed E-state index contributed by atoms with van der Waals surface area (Å²) in [5.41, 5.74) is 1.02. The van der Waals surface area contributed by atoms with Crippen LogP contribution in [0.2, 0.25) is 5.02 Å². The molecule has 0 spiro atoms. The zero-order chi connectivity index (χ0) is 21.4. The molecule has 0 aliphatic rings. The third-order valence-electron chi connectivity index (χ3n) is 4.14. The van der Waals surface area contributed by atoms with Gasteiger partial charge in [-0.2, -0.15) is 0 Å². The second kappa shape index (κ2) is 10.6. The number of rotatable bonds is 9. The van der Waals surface area contributed by atoms with E-state index in [0.29, 0.717) is 16.1 Å². The second-order valence-electron chi connectivity index (χ2n) is 6.31. The molecule has 0 fully saturated rings. The van der Waals surface area contributed by atoms with Crippen LogP contribution in [0.3, 0.4) is 0 Å². The number of hydrogen-bond acceptors (Lipinski definition) is 5. The Bertz CT molecular complexity index is 885. The van der Waals surface area contributed by atoms with Crippen molar-refractivity contribution in [2.24, 2.45) is 0 Å². The smallest absolute Gasteiger partial charge is 0.306 e. The van der Waals surface area contributed by atoms with Crippen molar-refractivity contribution in [3.63, 3.8) is 0 Å². The number of ketones is 1. The van der Waals surface area contributed by atoms with Gasteiger partial charge in [0.15, 0.2) is 24.0 Å². The largest absolute Gasteiger partial charge is 0.494 e. The van der Waals surface area contributed by atoms with E-state index in [1.807, 2.05) is 0 Å². The number of carbonyl (C=O) groups excluding carboxylic acids is 3. The van der Waals surface area contributed by atoms with Crippen molar-refractivity contribution in [1.29, 1.82) is 0 Å². The Kier molecular flexibility index (Phi) is 8.15. The van der Waals surface area contributed by atoms with Crippen molar-refractivity contribution in [2.45, 2.75) is 19.4 Å². The maximum Gasteiger partial charge on any atom is 0.306 e. The Morgan fingerprint density at radius 2 is 1.76 bits per heavy atom. The molecular formula is C21H21ClFNO5. The van der Waals surface area contributed by atoms with E-state index in [1.165, 1.54) is 31.2 Å². The Morgan fingerprint density at radius 3 is 2.38 bits per heavy atom. The van der Waals surface area contributed by atoms with Gasteiger partial charge in [-0.15, -0.1) is 0 Å². The van der Waals surface area contributed by atoms with Gasteiger partial charge in [0.25, 0.3) is 5.91 Å². The number of nitrogens with zero attached hydrogens (tertiary/aromatic N) is 1. The summed E-state index contributed by atoms with van der Waals surface area (Å²) in [5.74, 6) is -1.72. The molecule has 2 aromatic rings. The number of halogens is 2. The van der Waals surface area contributed by atoms with Crippen LogP contribution in [0.15, 0.2) is 42.5 Å². The van der Waals surface area contributed by atoms with E-state index in [1.54, 1.807) is 30.3 Å². The van der Waals surface area contributed by atoms with Crippen molar-refractivity contribution in [2.75, 3.05) is 20.8 Å². The van der Waals surface area contributed by atoms with Gasteiger partial charge in [-0.3, -0.25) is 14.4 Å². The van der Waals surface area contributed by atoms with E-state index < -0.39 is 24.3 Å². The molecule has 1 amide bonds. The first-order valence-electron chi connectivity index (χ1n) is 8.81. The van der Waals surface area contributed by atoms with Gasteiger partial charge >= 0.3 is 5.97 Å². The molecule has 0 saturated heterocycles. The second-order valence-corrected chi connectivity index (χ2v) is 6.75. The van der Waals surface area contributed by atoms with Crippen molar-refractivity contribution >= 4 is 29.3 Å². The minimum atomic E-state index is -0.649. The quantitative estimate of drug-likeness (QED) is 0.456. The summed E-state index contributed by atoms with van der Waals surface area (Å²) in [4.78, 5) is 37.2. The maximum atomic E-state index is 13.7. The van der Waals surface area contributed by atoms with Gasteiger partial charge in [0.05, 0.1) is 13.5 Å². The summed E-state index contributed by atoms with van der Waals surface area (Å²) >= 11 is 5.77. The fourth-order valence-electron chi connectivity index (χ4n) is 2.49. The summed E-state index contributed by atoms with van der Waals surface area (Å²) in [6, 6.07) is 10.7. The first kappa shape index (κ1) is 22.4. The molecule has 2 rings (SSSR count). The zero-order valence-corrected chi connectivity index (χ0v) is 16.9. The first-order chi connectivity index (χ1) is 13.8.